The molecule has 1 unspecified atom stereocenters. The minimum Gasteiger partial charge on any atom is -0.500 e. The SMILES string of the molecule is O=C(O)C1CCCN(CCO/C=C/c2cc(F)ccc2Cc2ccccc2F)C1. The summed E-state index contributed by atoms with van der Waals surface area (Å²) >= 11 is 0. The first-order chi connectivity index (χ1) is 14.0. The normalized spacial score (nSPS) is 17.5. The Morgan fingerprint density at radius 3 is 2.83 bits per heavy atom. The molecule has 1 aliphatic heterocycles. The van der Waals surface area contributed by atoms with Gasteiger partial charge in [0.1, 0.15) is 11.6 Å². The third-order valence-electron chi connectivity index (χ3n) is 5.17. The van der Waals surface area contributed by atoms with Crippen LogP contribution in [-0.2, 0) is 16.0 Å². The standard InChI is InChI=1S/C23H25F2NO3/c24-21-8-7-17(14-19-4-1-2-6-22(19)25)18(15-21)9-12-29-13-11-26-10-3-5-20(16-26)23(27)28/h1-2,4,6-9,12,15,20H,3,5,10-11,13-14,16H2,(H,27,28)/b12-9+. The number of hydrogen-bond acceptors (Lipinski definition) is 3. The Morgan fingerprint density at radius 2 is 2.03 bits per heavy atom. The summed E-state index contributed by atoms with van der Waals surface area (Å²) in [7, 11) is 0. The molecule has 1 atom stereocenters. The lowest BCUT2D eigenvalue weighted by molar-refractivity contribution is -0.143. The van der Waals surface area contributed by atoms with Gasteiger partial charge in [-0.15, -0.1) is 0 Å². The van der Waals surface area contributed by atoms with Crippen molar-refractivity contribution in [3.63, 3.8) is 0 Å². The fourth-order valence-electron chi connectivity index (χ4n) is 3.56. The average molecular weight is 401 g/mol. The number of ether oxygens (including phenoxy) is 1. The predicted molar refractivity (Wildman–Crippen MR) is 107 cm³/mol. The highest BCUT2D eigenvalue weighted by Gasteiger charge is 2.24. The van der Waals surface area contributed by atoms with Crippen molar-refractivity contribution in [3.05, 3.63) is 77.1 Å². The van der Waals surface area contributed by atoms with Crippen LogP contribution in [0.25, 0.3) is 6.08 Å². The van der Waals surface area contributed by atoms with Crippen molar-refractivity contribution in [3.8, 4) is 0 Å². The van der Waals surface area contributed by atoms with Gasteiger partial charge in [0.15, 0.2) is 0 Å². The van der Waals surface area contributed by atoms with E-state index in [4.69, 9.17) is 9.84 Å². The molecule has 0 bridgehead atoms. The summed E-state index contributed by atoms with van der Waals surface area (Å²) in [4.78, 5) is 13.2. The molecule has 29 heavy (non-hydrogen) atoms. The molecule has 1 saturated heterocycles. The van der Waals surface area contributed by atoms with E-state index in [1.54, 1.807) is 30.3 Å². The largest absolute Gasteiger partial charge is 0.500 e. The summed E-state index contributed by atoms with van der Waals surface area (Å²) in [5.74, 6) is -1.71. The van der Waals surface area contributed by atoms with Crippen molar-refractivity contribution in [2.24, 2.45) is 5.92 Å². The van der Waals surface area contributed by atoms with Gasteiger partial charge in [-0.05, 0) is 60.4 Å². The van der Waals surface area contributed by atoms with Gasteiger partial charge >= 0.3 is 5.97 Å². The smallest absolute Gasteiger partial charge is 0.307 e. The van der Waals surface area contributed by atoms with Crippen LogP contribution in [0.2, 0.25) is 0 Å². The lowest BCUT2D eigenvalue weighted by Gasteiger charge is -2.30. The Labute approximate surface area is 169 Å². The number of rotatable bonds is 8. The van der Waals surface area contributed by atoms with Gasteiger partial charge in [0.25, 0.3) is 0 Å². The first-order valence-corrected chi connectivity index (χ1v) is 9.78. The highest BCUT2D eigenvalue weighted by Crippen LogP contribution is 2.20. The molecule has 0 amide bonds. The number of aliphatic carboxylic acids is 1. The molecule has 2 aromatic rings. The van der Waals surface area contributed by atoms with E-state index in [2.05, 4.69) is 4.90 Å². The maximum atomic E-state index is 13.9. The maximum absolute atomic E-state index is 13.9. The van der Waals surface area contributed by atoms with E-state index in [0.29, 0.717) is 37.2 Å². The van der Waals surface area contributed by atoms with E-state index in [-0.39, 0.29) is 17.6 Å². The van der Waals surface area contributed by atoms with E-state index in [0.717, 1.165) is 24.9 Å². The molecule has 3 rings (SSSR count). The zero-order valence-corrected chi connectivity index (χ0v) is 16.2. The van der Waals surface area contributed by atoms with Gasteiger partial charge < -0.3 is 9.84 Å². The number of carboxylic acids is 1. The Morgan fingerprint density at radius 1 is 1.21 bits per heavy atom. The molecule has 0 aromatic heterocycles. The first kappa shape index (κ1) is 21.0. The Bertz CT molecular complexity index is 869. The van der Waals surface area contributed by atoms with Crippen LogP contribution in [0.3, 0.4) is 0 Å². The lowest BCUT2D eigenvalue weighted by atomic mass is 9.98. The minimum atomic E-state index is -0.746. The molecule has 6 heteroatoms. The highest BCUT2D eigenvalue weighted by atomic mass is 19.1. The van der Waals surface area contributed by atoms with Crippen LogP contribution in [0.4, 0.5) is 8.78 Å². The third-order valence-corrected chi connectivity index (χ3v) is 5.17. The van der Waals surface area contributed by atoms with Gasteiger partial charge in [0.2, 0.25) is 0 Å². The number of benzene rings is 2. The number of carboxylic acid groups (broad SMARTS) is 1. The lowest BCUT2D eigenvalue weighted by Crippen LogP contribution is -2.40. The second-order valence-electron chi connectivity index (χ2n) is 7.26. The van der Waals surface area contributed by atoms with Crippen molar-refractivity contribution in [1.29, 1.82) is 0 Å². The van der Waals surface area contributed by atoms with Crippen LogP contribution in [-0.4, -0.2) is 42.2 Å². The third kappa shape index (κ3) is 6.12. The second-order valence-corrected chi connectivity index (χ2v) is 7.26. The number of carbonyl (C=O) groups is 1. The van der Waals surface area contributed by atoms with Gasteiger partial charge in [-0.1, -0.05) is 24.3 Å². The number of piperidine rings is 1. The Hall–Kier alpha value is -2.73. The summed E-state index contributed by atoms with van der Waals surface area (Å²) in [6.45, 7) is 2.47. The first-order valence-electron chi connectivity index (χ1n) is 9.78. The maximum Gasteiger partial charge on any atom is 0.307 e. The number of hydrogen-bond donors (Lipinski definition) is 1. The summed E-state index contributed by atoms with van der Waals surface area (Å²) in [6.07, 6.45) is 5.14. The summed E-state index contributed by atoms with van der Waals surface area (Å²) in [6, 6.07) is 11.0. The van der Waals surface area contributed by atoms with Gasteiger partial charge in [-0.2, -0.15) is 0 Å². The van der Waals surface area contributed by atoms with Crippen LogP contribution in [0.1, 0.15) is 29.5 Å². The monoisotopic (exact) mass is 401 g/mol. The molecule has 0 aliphatic carbocycles. The fourth-order valence-corrected chi connectivity index (χ4v) is 3.56. The Balaban J connectivity index is 1.55. The van der Waals surface area contributed by atoms with Crippen molar-refractivity contribution in [1.82, 2.24) is 4.90 Å². The average Bonchev–Trinajstić information content (AvgIpc) is 2.71. The molecule has 4 nitrogen and oxygen atoms in total. The van der Waals surface area contributed by atoms with Crippen LogP contribution < -0.4 is 0 Å². The molecule has 0 saturated carbocycles. The van der Waals surface area contributed by atoms with Crippen molar-refractivity contribution in [2.75, 3.05) is 26.2 Å². The molecular formula is C23H25F2NO3. The molecule has 154 valence electrons. The molecule has 0 spiro atoms. The topological polar surface area (TPSA) is 49.8 Å². The molecule has 1 N–H and O–H groups in total. The Kier molecular flexibility index (Phi) is 7.36. The number of likely N-dealkylation sites (tertiary alicyclic amines) is 1. The predicted octanol–water partition coefficient (Wildman–Crippen LogP) is 4.34. The fraction of sp³-hybridized carbons (Fsp3) is 0.348. The number of nitrogens with zero attached hydrogens (tertiary/aromatic N) is 1. The van der Waals surface area contributed by atoms with E-state index >= 15 is 0 Å². The summed E-state index contributed by atoms with van der Waals surface area (Å²) < 4.78 is 33.2. The molecular weight excluding hydrogens is 376 g/mol. The molecule has 2 aromatic carbocycles. The van der Waals surface area contributed by atoms with Crippen LogP contribution in [0, 0.1) is 17.6 Å². The molecule has 1 heterocycles. The van der Waals surface area contributed by atoms with Crippen molar-refractivity contribution >= 4 is 12.0 Å². The molecule has 1 aliphatic rings. The zero-order valence-electron chi connectivity index (χ0n) is 16.2. The van der Waals surface area contributed by atoms with Crippen LogP contribution in [0.5, 0.6) is 0 Å². The van der Waals surface area contributed by atoms with Gasteiger partial charge in [-0.25, -0.2) is 8.78 Å². The van der Waals surface area contributed by atoms with Crippen molar-refractivity contribution in [2.45, 2.75) is 19.3 Å². The number of halogens is 2. The van der Waals surface area contributed by atoms with Gasteiger partial charge in [-0.3, -0.25) is 9.69 Å². The summed E-state index contributed by atoms with van der Waals surface area (Å²) in [5.41, 5.74) is 1.99. The van der Waals surface area contributed by atoms with Gasteiger partial charge in [0.05, 0.1) is 18.8 Å². The van der Waals surface area contributed by atoms with Crippen LogP contribution >= 0.6 is 0 Å². The van der Waals surface area contributed by atoms with Gasteiger partial charge in [0, 0.05) is 19.5 Å². The van der Waals surface area contributed by atoms with Crippen LogP contribution in [0.15, 0.2) is 48.7 Å². The molecule has 0 radical (unpaired) electrons. The van der Waals surface area contributed by atoms with E-state index < -0.39 is 5.97 Å². The zero-order chi connectivity index (χ0) is 20.6. The summed E-state index contributed by atoms with van der Waals surface area (Å²) in [5, 5.41) is 9.14. The minimum absolute atomic E-state index is 0.288. The quantitative estimate of drug-likeness (QED) is 0.528. The highest BCUT2D eigenvalue weighted by molar-refractivity contribution is 5.70. The van der Waals surface area contributed by atoms with E-state index in [1.165, 1.54) is 24.5 Å². The van der Waals surface area contributed by atoms with Crippen molar-refractivity contribution < 1.29 is 23.4 Å². The molecule has 1 fully saturated rings. The van der Waals surface area contributed by atoms with E-state index in [1.807, 2.05) is 0 Å². The second kappa shape index (κ2) is 10.2. The van der Waals surface area contributed by atoms with E-state index in [9.17, 15) is 13.6 Å².